The molecule has 4 nitrogen and oxygen atoms in total. The van der Waals surface area contributed by atoms with Crippen molar-refractivity contribution in [3.63, 3.8) is 0 Å². The second-order valence-electron chi connectivity index (χ2n) is 4.19. The van der Waals surface area contributed by atoms with Gasteiger partial charge >= 0.3 is 0 Å². The van der Waals surface area contributed by atoms with E-state index in [0.29, 0.717) is 5.56 Å². The highest BCUT2D eigenvalue weighted by Crippen LogP contribution is 2.21. The molecule has 1 aromatic carbocycles. The number of nitro groups is 1. The van der Waals surface area contributed by atoms with E-state index in [-0.39, 0.29) is 18.3 Å². The molecular formula is C13H13FN2O2S. The van der Waals surface area contributed by atoms with E-state index in [1.807, 2.05) is 23.8 Å². The minimum Gasteiger partial charge on any atom is -0.306 e. The largest absolute Gasteiger partial charge is 0.306 e. The zero-order chi connectivity index (χ0) is 13.8. The fourth-order valence-corrected chi connectivity index (χ4v) is 2.53. The van der Waals surface area contributed by atoms with Crippen LogP contribution in [0.3, 0.4) is 0 Å². The van der Waals surface area contributed by atoms with Gasteiger partial charge in [-0.1, -0.05) is 0 Å². The number of nitrogens with one attached hydrogen (secondary N) is 1. The lowest BCUT2D eigenvalue weighted by Gasteiger charge is -2.12. The molecule has 0 bridgehead atoms. The summed E-state index contributed by atoms with van der Waals surface area (Å²) in [5.41, 5.74) is 1.41. The van der Waals surface area contributed by atoms with E-state index in [1.165, 1.54) is 12.1 Å². The Balaban J connectivity index is 2.10. The van der Waals surface area contributed by atoms with Gasteiger partial charge in [0, 0.05) is 24.2 Å². The minimum absolute atomic E-state index is 0.0635. The average molecular weight is 280 g/mol. The molecule has 0 aliphatic heterocycles. The molecule has 0 saturated carbocycles. The topological polar surface area (TPSA) is 55.2 Å². The summed E-state index contributed by atoms with van der Waals surface area (Å²) in [6.07, 6.45) is 0. The van der Waals surface area contributed by atoms with Crippen LogP contribution in [-0.4, -0.2) is 4.92 Å². The molecule has 19 heavy (non-hydrogen) atoms. The van der Waals surface area contributed by atoms with Crippen molar-refractivity contribution in [3.8, 4) is 0 Å². The molecule has 0 saturated heterocycles. The second kappa shape index (κ2) is 5.90. The van der Waals surface area contributed by atoms with Gasteiger partial charge in [-0.2, -0.15) is 11.3 Å². The molecule has 1 aromatic heterocycles. The van der Waals surface area contributed by atoms with Gasteiger partial charge in [-0.3, -0.25) is 10.1 Å². The molecule has 1 heterocycles. The van der Waals surface area contributed by atoms with Crippen molar-refractivity contribution in [2.45, 2.75) is 19.5 Å². The highest BCUT2D eigenvalue weighted by Gasteiger charge is 2.15. The quantitative estimate of drug-likeness (QED) is 0.672. The Labute approximate surface area is 114 Å². The molecule has 0 spiro atoms. The third-order valence-corrected chi connectivity index (χ3v) is 3.58. The van der Waals surface area contributed by atoms with Crippen molar-refractivity contribution in [2.24, 2.45) is 0 Å². The predicted molar refractivity (Wildman–Crippen MR) is 72.6 cm³/mol. The van der Waals surface area contributed by atoms with Gasteiger partial charge in [0.2, 0.25) is 0 Å². The Kier molecular flexibility index (Phi) is 4.24. The molecule has 2 aromatic rings. The summed E-state index contributed by atoms with van der Waals surface area (Å²) in [4.78, 5) is 10.4. The van der Waals surface area contributed by atoms with E-state index in [9.17, 15) is 14.5 Å². The summed E-state index contributed by atoms with van der Waals surface area (Å²) in [6, 6.07) is 5.55. The Morgan fingerprint density at radius 2 is 2.26 bits per heavy atom. The summed E-state index contributed by atoms with van der Waals surface area (Å²) >= 11 is 1.59. The van der Waals surface area contributed by atoms with E-state index in [2.05, 4.69) is 5.32 Å². The zero-order valence-electron chi connectivity index (χ0n) is 10.3. The molecule has 2 rings (SSSR count). The standard InChI is InChI=1S/C13H13FN2O2S/c1-9(10-4-5-19-8-10)15-7-11-6-12(14)2-3-13(11)16(17)18/h2-6,8-9,15H,7H2,1H3. The normalized spacial score (nSPS) is 12.3. The van der Waals surface area contributed by atoms with Crippen LogP contribution < -0.4 is 5.32 Å². The van der Waals surface area contributed by atoms with Gasteiger partial charge in [-0.25, -0.2) is 4.39 Å². The lowest BCUT2D eigenvalue weighted by Crippen LogP contribution is -2.18. The fraction of sp³-hybridized carbons (Fsp3) is 0.231. The maximum Gasteiger partial charge on any atom is 0.274 e. The van der Waals surface area contributed by atoms with Crippen LogP contribution in [-0.2, 0) is 6.54 Å². The van der Waals surface area contributed by atoms with Gasteiger partial charge in [0.1, 0.15) is 5.82 Å². The summed E-state index contributed by atoms with van der Waals surface area (Å²) in [5.74, 6) is -0.467. The monoisotopic (exact) mass is 280 g/mol. The van der Waals surface area contributed by atoms with Crippen molar-refractivity contribution >= 4 is 17.0 Å². The SMILES string of the molecule is CC(NCc1cc(F)ccc1[N+](=O)[O-])c1ccsc1. The Morgan fingerprint density at radius 1 is 1.47 bits per heavy atom. The fourth-order valence-electron chi connectivity index (χ4n) is 1.78. The van der Waals surface area contributed by atoms with Crippen LogP contribution in [0, 0.1) is 15.9 Å². The van der Waals surface area contributed by atoms with Crippen LogP contribution in [0.15, 0.2) is 35.0 Å². The Morgan fingerprint density at radius 3 is 2.89 bits per heavy atom. The molecule has 1 atom stereocenters. The highest BCUT2D eigenvalue weighted by atomic mass is 32.1. The van der Waals surface area contributed by atoms with Gasteiger partial charge in [-0.05, 0) is 41.4 Å². The molecule has 0 fully saturated rings. The highest BCUT2D eigenvalue weighted by molar-refractivity contribution is 7.07. The lowest BCUT2D eigenvalue weighted by atomic mass is 10.1. The molecule has 100 valence electrons. The van der Waals surface area contributed by atoms with E-state index in [1.54, 1.807) is 11.3 Å². The number of nitrogens with zero attached hydrogens (tertiary/aromatic N) is 1. The first-order valence-corrected chi connectivity index (χ1v) is 6.70. The Bertz CT molecular complexity index is 572. The van der Waals surface area contributed by atoms with Gasteiger partial charge in [-0.15, -0.1) is 0 Å². The molecule has 0 aliphatic carbocycles. The number of rotatable bonds is 5. The summed E-state index contributed by atoms with van der Waals surface area (Å²) in [7, 11) is 0. The lowest BCUT2D eigenvalue weighted by molar-refractivity contribution is -0.385. The molecule has 6 heteroatoms. The van der Waals surface area contributed by atoms with Crippen LogP contribution in [0.4, 0.5) is 10.1 Å². The van der Waals surface area contributed by atoms with Crippen LogP contribution >= 0.6 is 11.3 Å². The van der Waals surface area contributed by atoms with Crippen LogP contribution in [0.2, 0.25) is 0 Å². The molecular weight excluding hydrogens is 267 g/mol. The number of benzene rings is 1. The second-order valence-corrected chi connectivity index (χ2v) is 4.97. The van der Waals surface area contributed by atoms with Crippen molar-refractivity contribution < 1.29 is 9.31 Å². The molecule has 0 aliphatic rings. The van der Waals surface area contributed by atoms with E-state index in [4.69, 9.17) is 0 Å². The van der Waals surface area contributed by atoms with Crippen molar-refractivity contribution in [3.05, 3.63) is 62.1 Å². The van der Waals surface area contributed by atoms with Gasteiger partial charge in [0.05, 0.1) is 4.92 Å². The van der Waals surface area contributed by atoms with Crippen molar-refractivity contribution in [2.75, 3.05) is 0 Å². The molecule has 1 unspecified atom stereocenters. The minimum atomic E-state index is -0.494. The summed E-state index contributed by atoms with van der Waals surface area (Å²) in [6.45, 7) is 2.22. The first-order valence-electron chi connectivity index (χ1n) is 5.76. The first kappa shape index (κ1) is 13.6. The van der Waals surface area contributed by atoms with E-state index in [0.717, 1.165) is 11.6 Å². The number of hydrogen-bond acceptors (Lipinski definition) is 4. The van der Waals surface area contributed by atoms with Crippen LogP contribution in [0.1, 0.15) is 24.1 Å². The molecule has 0 radical (unpaired) electrons. The Hall–Kier alpha value is -1.79. The van der Waals surface area contributed by atoms with Gasteiger partial charge in [0.15, 0.2) is 0 Å². The maximum absolute atomic E-state index is 13.2. The van der Waals surface area contributed by atoms with Crippen LogP contribution in [0.5, 0.6) is 0 Å². The predicted octanol–water partition coefficient (Wildman–Crippen LogP) is 3.65. The van der Waals surface area contributed by atoms with Gasteiger partial charge < -0.3 is 5.32 Å². The van der Waals surface area contributed by atoms with E-state index < -0.39 is 10.7 Å². The van der Waals surface area contributed by atoms with Gasteiger partial charge in [0.25, 0.3) is 5.69 Å². The number of halogens is 1. The molecule has 0 amide bonds. The zero-order valence-corrected chi connectivity index (χ0v) is 11.1. The summed E-state index contributed by atoms with van der Waals surface area (Å²) < 4.78 is 13.2. The average Bonchev–Trinajstić information content (AvgIpc) is 2.89. The maximum atomic E-state index is 13.2. The van der Waals surface area contributed by atoms with Crippen molar-refractivity contribution in [1.29, 1.82) is 0 Å². The number of nitro benzene ring substituents is 1. The third-order valence-electron chi connectivity index (χ3n) is 2.88. The molecule has 1 N–H and O–H groups in total. The smallest absolute Gasteiger partial charge is 0.274 e. The summed E-state index contributed by atoms with van der Waals surface area (Å²) in [5, 5.41) is 18.0. The first-order chi connectivity index (χ1) is 9.08. The van der Waals surface area contributed by atoms with Crippen molar-refractivity contribution in [1.82, 2.24) is 5.32 Å². The van der Waals surface area contributed by atoms with Crippen LogP contribution in [0.25, 0.3) is 0 Å². The number of hydrogen-bond donors (Lipinski definition) is 1. The van der Waals surface area contributed by atoms with E-state index >= 15 is 0 Å². The third kappa shape index (κ3) is 3.36. The number of thiophene rings is 1.